The summed E-state index contributed by atoms with van der Waals surface area (Å²) in [7, 11) is 0. The number of para-hydroxylation sites is 2. The average molecular weight is 424 g/mol. The summed E-state index contributed by atoms with van der Waals surface area (Å²) >= 11 is -0.330. The Bertz CT molecular complexity index is 796. The molecule has 156 valence electrons. The van der Waals surface area contributed by atoms with Crippen LogP contribution >= 0.6 is 11.8 Å². The van der Waals surface area contributed by atoms with Crippen molar-refractivity contribution < 1.29 is 18.0 Å². The van der Waals surface area contributed by atoms with Crippen molar-refractivity contribution in [1.29, 1.82) is 0 Å². The molecule has 0 aliphatic carbocycles. The lowest BCUT2D eigenvalue weighted by Gasteiger charge is -2.37. The number of hydrogen-bond acceptors (Lipinski definition) is 5. The Morgan fingerprint density at radius 2 is 1.76 bits per heavy atom. The Hall–Kier alpha value is -2.26. The topological polar surface area (TPSA) is 48.5 Å². The summed E-state index contributed by atoms with van der Waals surface area (Å²) in [5, 5.41) is 2.62. The minimum atomic E-state index is -4.41. The minimum absolute atomic E-state index is 0.330. The van der Waals surface area contributed by atoms with Gasteiger partial charge in [0.25, 0.3) is 0 Å². The van der Waals surface area contributed by atoms with E-state index in [2.05, 4.69) is 20.1 Å². The maximum atomic E-state index is 12.3. The van der Waals surface area contributed by atoms with E-state index in [0.29, 0.717) is 5.69 Å². The molecule has 2 heterocycles. The zero-order valence-corrected chi connectivity index (χ0v) is 16.7. The van der Waals surface area contributed by atoms with Gasteiger partial charge in [-0.25, -0.2) is 0 Å². The van der Waals surface area contributed by atoms with Crippen LogP contribution in [0.25, 0.3) is 0 Å². The number of nitrogens with one attached hydrogen (secondary N) is 1. The van der Waals surface area contributed by atoms with E-state index in [0.717, 1.165) is 44.8 Å². The predicted octanol–water partition coefficient (Wildman–Crippen LogP) is 3.64. The van der Waals surface area contributed by atoms with Crippen LogP contribution in [-0.4, -0.2) is 59.8 Å². The highest BCUT2D eigenvalue weighted by atomic mass is 32.2. The third-order valence-corrected chi connectivity index (χ3v) is 5.46. The quantitative estimate of drug-likeness (QED) is 0.736. The molecule has 3 rings (SSSR count). The van der Waals surface area contributed by atoms with Gasteiger partial charge >= 0.3 is 5.51 Å². The number of alkyl halides is 3. The van der Waals surface area contributed by atoms with Gasteiger partial charge < -0.3 is 10.2 Å². The average Bonchev–Trinajstić information content (AvgIpc) is 2.72. The summed E-state index contributed by atoms with van der Waals surface area (Å²) in [6, 6.07) is 11.3. The first-order valence-corrected chi connectivity index (χ1v) is 10.3. The molecule has 1 saturated heterocycles. The van der Waals surface area contributed by atoms with E-state index in [1.54, 1.807) is 24.5 Å². The molecule has 0 saturated carbocycles. The van der Waals surface area contributed by atoms with Gasteiger partial charge in [0, 0.05) is 45.1 Å². The maximum Gasteiger partial charge on any atom is 0.442 e. The third-order valence-electron chi connectivity index (χ3n) is 4.72. The van der Waals surface area contributed by atoms with E-state index in [-0.39, 0.29) is 11.8 Å². The fourth-order valence-electron chi connectivity index (χ4n) is 3.24. The number of amides is 1. The molecule has 0 unspecified atom stereocenters. The first kappa shape index (κ1) is 21.4. The standard InChI is InChI=1S/C20H23F3N4OS/c21-20(22,23)29-15-19(28)25-17-3-1-2-4-18(17)27-13-11-26(12-14-27)10-7-16-5-8-24-9-6-16/h1-6,8-9H,7,10-15H2,(H,25,28). The van der Waals surface area contributed by atoms with Gasteiger partial charge in [-0.3, -0.25) is 14.7 Å². The highest BCUT2D eigenvalue weighted by Crippen LogP contribution is 2.31. The number of rotatable bonds is 7. The van der Waals surface area contributed by atoms with Crippen molar-refractivity contribution in [1.82, 2.24) is 9.88 Å². The highest BCUT2D eigenvalue weighted by Gasteiger charge is 2.29. The predicted molar refractivity (Wildman–Crippen MR) is 110 cm³/mol. The number of aromatic nitrogens is 1. The van der Waals surface area contributed by atoms with Crippen LogP contribution in [0.15, 0.2) is 48.8 Å². The lowest BCUT2D eigenvalue weighted by atomic mass is 10.1. The fourth-order valence-corrected chi connectivity index (χ4v) is 3.60. The van der Waals surface area contributed by atoms with E-state index in [4.69, 9.17) is 0 Å². The molecule has 9 heteroatoms. The van der Waals surface area contributed by atoms with E-state index < -0.39 is 17.2 Å². The van der Waals surface area contributed by atoms with E-state index >= 15 is 0 Å². The van der Waals surface area contributed by atoms with Gasteiger partial charge in [0.1, 0.15) is 0 Å². The zero-order valence-electron chi connectivity index (χ0n) is 15.9. The lowest BCUT2D eigenvalue weighted by molar-refractivity contribution is -0.114. The number of benzene rings is 1. The molecule has 1 amide bonds. The summed E-state index contributed by atoms with van der Waals surface area (Å²) in [5.41, 5.74) is -1.77. The molecule has 0 spiro atoms. The second-order valence-corrected chi connectivity index (χ2v) is 7.77. The lowest BCUT2D eigenvalue weighted by Crippen LogP contribution is -2.47. The number of nitrogens with zero attached hydrogens (tertiary/aromatic N) is 3. The van der Waals surface area contributed by atoms with Crippen molar-refractivity contribution in [2.45, 2.75) is 11.9 Å². The minimum Gasteiger partial charge on any atom is -0.367 e. The highest BCUT2D eigenvalue weighted by molar-refractivity contribution is 8.00. The van der Waals surface area contributed by atoms with Gasteiger partial charge in [0.15, 0.2) is 0 Å². The molecule has 29 heavy (non-hydrogen) atoms. The van der Waals surface area contributed by atoms with Crippen LogP contribution in [0.3, 0.4) is 0 Å². The molecular weight excluding hydrogens is 401 g/mol. The van der Waals surface area contributed by atoms with Crippen LogP contribution in [0, 0.1) is 0 Å². The Morgan fingerprint density at radius 1 is 1.07 bits per heavy atom. The summed E-state index contributed by atoms with van der Waals surface area (Å²) < 4.78 is 36.9. The van der Waals surface area contributed by atoms with Crippen LogP contribution < -0.4 is 10.2 Å². The molecule has 2 aromatic rings. The number of pyridine rings is 1. The van der Waals surface area contributed by atoms with Crippen LogP contribution in [-0.2, 0) is 11.2 Å². The van der Waals surface area contributed by atoms with Crippen LogP contribution in [0.2, 0.25) is 0 Å². The number of piperazine rings is 1. The van der Waals surface area contributed by atoms with Gasteiger partial charge in [0.2, 0.25) is 5.91 Å². The number of carbonyl (C=O) groups is 1. The fraction of sp³-hybridized carbons (Fsp3) is 0.400. The second-order valence-electron chi connectivity index (χ2n) is 6.73. The molecule has 1 aliphatic heterocycles. The smallest absolute Gasteiger partial charge is 0.367 e. The monoisotopic (exact) mass is 424 g/mol. The first-order valence-electron chi connectivity index (χ1n) is 9.36. The Kier molecular flexibility index (Phi) is 7.38. The van der Waals surface area contributed by atoms with Crippen molar-refractivity contribution in [2.75, 3.05) is 48.7 Å². The van der Waals surface area contributed by atoms with Crippen LogP contribution in [0.4, 0.5) is 24.5 Å². The molecule has 1 aromatic carbocycles. The number of thioether (sulfide) groups is 1. The summed E-state index contributed by atoms with van der Waals surface area (Å²) in [4.78, 5) is 20.5. The summed E-state index contributed by atoms with van der Waals surface area (Å²) in [5.74, 6) is -1.31. The molecule has 1 aliphatic rings. The normalized spacial score (nSPS) is 15.3. The third kappa shape index (κ3) is 6.93. The Balaban J connectivity index is 1.52. The summed E-state index contributed by atoms with van der Waals surface area (Å²) in [6.07, 6.45) is 4.56. The number of carbonyl (C=O) groups excluding carboxylic acids is 1. The zero-order chi connectivity index (χ0) is 20.7. The molecular formula is C20H23F3N4OS. The van der Waals surface area contributed by atoms with Crippen molar-refractivity contribution in [3.8, 4) is 0 Å². The summed E-state index contributed by atoms with van der Waals surface area (Å²) in [6.45, 7) is 4.32. The SMILES string of the molecule is O=C(CSC(F)(F)F)Nc1ccccc1N1CCN(CCc2ccncc2)CC1. The van der Waals surface area contributed by atoms with Gasteiger partial charge in [-0.2, -0.15) is 13.2 Å². The molecule has 1 N–H and O–H groups in total. The number of hydrogen-bond donors (Lipinski definition) is 1. The van der Waals surface area contributed by atoms with E-state index in [1.165, 1.54) is 5.56 Å². The molecule has 1 fully saturated rings. The van der Waals surface area contributed by atoms with Crippen molar-refractivity contribution in [3.63, 3.8) is 0 Å². The van der Waals surface area contributed by atoms with E-state index in [1.807, 2.05) is 24.3 Å². The van der Waals surface area contributed by atoms with Crippen molar-refractivity contribution in [2.24, 2.45) is 0 Å². The van der Waals surface area contributed by atoms with Gasteiger partial charge in [-0.05, 0) is 48.0 Å². The Morgan fingerprint density at radius 3 is 2.45 bits per heavy atom. The van der Waals surface area contributed by atoms with Crippen LogP contribution in [0.5, 0.6) is 0 Å². The van der Waals surface area contributed by atoms with Gasteiger partial charge in [-0.15, -0.1) is 0 Å². The number of halogens is 3. The molecule has 0 radical (unpaired) electrons. The first-order chi connectivity index (χ1) is 13.9. The van der Waals surface area contributed by atoms with Crippen LogP contribution in [0.1, 0.15) is 5.56 Å². The molecule has 0 atom stereocenters. The van der Waals surface area contributed by atoms with E-state index in [9.17, 15) is 18.0 Å². The molecule has 1 aromatic heterocycles. The van der Waals surface area contributed by atoms with Gasteiger partial charge in [-0.1, -0.05) is 12.1 Å². The largest absolute Gasteiger partial charge is 0.442 e. The Labute approximate surface area is 172 Å². The maximum absolute atomic E-state index is 12.3. The van der Waals surface area contributed by atoms with Crippen molar-refractivity contribution >= 4 is 29.0 Å². The molecule has 0 bridgehead atoms. The number of anilines is 2. The van der Waals surface area contributed by atoms with Crippen molar-refractivity contribution in [3.05, 3.63) is 54.4 Å². The van der Waals surface area contributed by atoms with Gasteiger partial charge in [0.05, 0.1) is 17.1 Å². The molecule has 5 nitrogen and oxygen atoms in total. The second kappa shape index (κ2) is 9.98.